The van der Waals surface area contributed by atoms with E-state index in [-0.39, 0.29) is 0 Å². The summed E-state index contributed by atoms with van der Waals surface area (Å²) < 4.78 is 5.27. The van der Waals surface area contributed by atoms with E-state index in [4.69, 9.17) is 4.52 Å². The third kappa shape index (κ3) is 3.40. The molecule has 0 aromatic carbocycles. The summed E-state index contributed by atoms with van der Waals surface area (Å²) in [4.78, 5) is 4.43. The maximum absolute atomic E-state index is 5.27. The molecular formula is C13H19N3OS. The van der Waals surface area contributed by atoms with Gasteiger partial charge < -0.3 is 9.84 Å². The molecule has 0 radical (unpaired) electrons. The maximum Gasteiger partial charge on any atom is 0.227 e. The van der Waals surface area contributed by atoms with Gasteiger partial charge in [-0.1, -0.05) is 19.0 Å². The molecule has 0 bridgehead atoms. The fraction of sp³-hybridized carbons (Fsp3) is 0.538. The van der Waals surface area contributed by atoms with Crippen molar-refractivity contribution in [3.05, 3.63) is 22.2 Å². The van der Waals surface area contributed by atoms with Crippen LogP contribution in [0, 0.1) is 6.92 Å². The van der Waals surface area contributed by atoms with Gasteiger partial charge in [-0.2, -0.15) is 16.3 Å². The minimum Gasteiger partial charge on any atom is -0.339 e. The third-order valence-corrected chi connectivity index (χ3v) is 3.55. The molecule has 5 heteroatoms. The molecule has 2 aromatic heterocycles. The molecule has 0 saturated carbocycles. The summed E-state index contributed by atoms with van der Waals surface area (Å²) in [6, 6.07) is 0.525. The second-order valence-corrected chi connectivity index (χ2v) is 5.44. The molecule has 0 fully saturated rings. The summed E-state index contributed by atoms with van der Waals surface area (Å²) in [7, 11) is 0. The first-order valence-electron chi connectivity index (χ1n) is 6.26. The zero-order valence-corrected chi connectivity index (χ0v) is 11.9. The molecule has 4 nitrogen and oxygen atoms in total. The highest BCUT2D eigenvalue weighted by atomic mass is 32.1. The summed E-state index contributed by atoms with van der Waals surface area (Å²) >= 11 is 1.66. The summed E-state index contributed by atoms with van der Waals surface area (Å²) in [6.45, 7) is 7.33. The van der Waals surface area contributed by atoms with Gasteiger partial charge in [-0.25, -0.2) is 0 Å². The van der Waals surface area contributed by atoms with Gasteiger partial charge in [0.2, 0.25) is 11.7 Å². The molecule has 0 atom stereocenters. The van der Waals surface area contributed by atoms with Crippen LogP contribution in [0.2, 0.25) is 0 Å². The summed E-state index contributed by atoms with van der Waals surface area (Å²) in [5, 5.41) is 11.6. The van der Waals surface area contributed by atoms with Gasteiger partial charge in [0.05, 0.1) is 0 Å². The molecular weight excluding hydrogens is 246 g/mol. The normalized spacial score (nSPS) is 11.3. The van der Waals surface area contributed by atoms with Gasteiger partial charge in [0, 0.05) is 23.4 Å². The summed E-state index contributed by atoms with van der Waals surface area (Å²) in [6.07, 6.45) is 1.85. The van der Waals surface area contributed by atoms with Gasteiger partial charge in [0.15, 0.2) is 0 Å². The van der Waals surface area contributed by atoms with Crippen LogP contribution in [0.25, 0.3) is 11.4 Å². The summed E-state index contributed by atoms with van der Waals surface area (Å²) in [5.74, 6) is 1.43. The number of hydrogen-bond acceptors (Lipinski definition) is 5. The zero-order chi connectivity index (χ0) is 13.0. The lowest BCUT2D eigenvalue weighted by atomic mass is 10.2. The second-order valence-electron chi connectivity index (χ2n) is 4.69. The molecule has 0 aliphatic heterocycles. The van der Waals surface area contributed by atoms with E-state index < -0.39 is 0 Å². The van der Waals surface area contributed by atoms with Gasteiger partial charge >= 0.3 is 0 Å². The summed E-state index contributed by atoms with van der Waals surface area (Å²) in [5.41, 5.74) is 2.28. The van der Waals surface area contributed by atoms with Gasteiger partial charge in [0.25, 0.3) is 0 Å². The minimum atomic E-state index is 0.525. The van der Waals surface area contributed by atoms with Gasteiger partial charge in [-0.05, 0) is 30.8 Å². The van der Waals surface area contributed by atoms with Crippen LogP contribution >= 0.6 is 11.3 Å². The Morgan fingerprint density at radius 3 is 2.89 bits per heavy atom. The average Bonchev–Trinajstić information content (AvgIpc) is 2.92. The Kier molecular flexibility index (Phi) is 4.49. The Bertz CT molecular complexity index is 490. The third-order valence-electron chi connectivity index (χ3n) is 2.68. The largest absolute Gasteiger partial charge is 0.339 e. The average molecular weight is 265 g/mol. The van der Waals surface area contributed by atoms with Crippen LogP contribution in [0.5, 0.6) is 0 Å². The Morgan fingerprint density at radius 2 is 2.22 bits per heavy atom. The molecule has 0 unspecified atom stereocenters. The van der Waals surface area contributed by atoms with Crippen LogP contribution < -0.4 is 5.32 Å². The SMILES string of the molecule is Cc1cscc1-c1noc(CCCNC(C)C)n1. The van der Waals surface area contributed by atoms with Crippen LogP contribution in [-0.2, 0) is 6.42 Å². The van der Waals surface area contributed by atoms with Crippen molar-refractivity contribution in [1.82, 2.24) is 15.5 Å². The van der Waals surface area contributed by atoms with E-state index in [2.05, 4.69) is 47.0 Å². The van der Waals surface area contributed by atoms with Crippen LogP contribution in [-0.4, -0.2) is 22.7 Å². The van der Waals surface area contributed by atoms with Crippen LogP contribution in [0.1, 0.15) is 31.7 Å². The highest BCUT2D eigenvalue weighted by Gasteiger charge is 2.11. The molecule has 98 valence electrons. The van der Waals surface area contributed by atoms with E-state index in [1.54, 1.807) is 11.3 Å². The molecule has 1 N–H and O–H groups in total. The monoisotopic (exact) mass is 265 g/mol. The molecule has 0 aliphatic carbocycles. The second kappa shape index (κ2) is 6.11. The first-order chi connectivity index (χ1) is 8.66. The van der Waals surface area contributed by atoms with Crippen molar-refractivity contribution in [1.29, 1.82) is 0 Å². The fourth-order valence-corrected chi connectivity index (χ4v) is 2.51. The van der Waals surface area contributed by atoms with Crippen molar-refractivity contribution in [3.8, 4) is 11.4 Å². The van der Waals surface area contributed by atoms with E-state index in [9.17, 15) is 0 Å². The highest BCUT2D eigenvalue weighted by Crippen LogP contribution is 2.24. The molecule has 0 amide bonds. The van der Waals surface area contributed by atoms with Gasteiger partial charge in [0.1, 0.15) is 0 Å². The first kappa shape index (κ1) is 13.2. The predicted octanol–water partition coefficient (Wildman–Crippen LogP) is 3.04. The highest BCUT2D eigenvalue weighted by molar-refractivity contribution is 7.08. The Hall–Kier alpha value is -1.20. The Balaban J connectivity index is 1.89. The van der Waals surface area contributed by atoms with E-state index >= 15 is 0 Å². The molecule has 2 rings (SSSR count). The topological polar surface area (TPSA) is 51.0 Å². The maximum atomic E-state index is 5.27. The minimum absolute atomic E-state index is 0.525. The van der Waals surface area contributed by atoms with Gasteiger partial charge in [-0.3, -0.25) is 0 Å². The van der Waals surface area contributed by atoms with Crippen LogP contribution in [0.4, 0.5) is 0 Å². The Morgan fingerprint density at radius 1 is 1.39 bits per heavy atom. The lowest BCUT2D eigenvalue weighted by molar-refractivity contribution is 0.374. The zero-order valence-electron chi connectivity index (χ0n) is 11.1. The number of nitrogens with one attached hydrogen (secondary N) is 1. The van der Waals surface area contributed by atoms with Crippen molar-refractivity contribution < 1.29 is 4.52 Å². The number of aromatic nitrogens is 2. The quantitative estimate of drug-likeness (QED) is 0.816. The molecule has 0 aliphatic rings. The lowest BCUT2D eigenvalue weighted by Crippen LogP contribution is -2.23. The van der Waals surface area contributed by atoms with Crippen molar-refractivity contribution in [2.24, 2.45) is 0 Å². The van der Waals surface area contributed by atoms with Crippen LogP contribution in [0.3, 0.4) is 0 Å². The Labute approximate surface area is 111 Å². The van der Waals surface area contributed by atoms with E-state index in [0.29, 0.717) is 11.9 Å². The first-order valence-corrected chi connectivity index (χ1v) is 7.20. The van der Waals surface area contributed by atoms with E-state index in [0.717, 1.165) is 30.8 Å². The smallest absolute Gasteiger partial charge is 0.227 e. The van der Waals surface area contributed by atoms with Crippen LogP contribution in [0.15, 0.2) is 15.3 Å². The predicted molar refractivity (Wildman–Crippen MR) is 73.8 cm³/mol. The molecule has 2 aromatic rings. The number of aryl methyl sites for hydroxylation is 2. The molecule has 0 spiro atoms. The standard InChI is InChI=1S/C13H19N3OS/c1-9(2)14-6-4-5-12-15-13(16-17-12)11-8-18-7-10(11)3/h7-9,14H,4-6H2,1-3H3. The molecule has 0 saturated heterocycles. The van der Waals surface area contributed by atoms with E-state index in [1.807, 2.05) is 0 Å². The number of hydrogen-bond donors (Lipinski definition) is 1. The lowest BCUT2D eigenvalue weighted by Gasteiger charge is -2.05. The van der Waals surface area contributed by atoms with Crippen molar-refractivity contribution in [3.63, 3.8) is 0 Å². The number of rotatable bonds is 6. The van der Waals surface area contributed by atoms with Crippen molar-refractivity contribution in [2.45, 2.75) is 39.7 Å². The molecule has 2 heterocycles. The van der Waals surface area contributed by atoms with Crippen molar-refractivity contribution in [2.75, 3.05) is 6.54 Å². The van der Waals surface area contributed by atoms with Gasteiger partial charge in [-0.15, -0.1) is 0 Å². The molecule has 18 heavy (non-hydrogen) atoms. The van der Waals surface area contributed by atoms with E-state index in [1.165, 1.54) is 5.56 Å². The number of thiophene rings is 1. The number of nitrogens with zero attached hydrogens (tertiary/aromatic N) is 2. The fourth-order valence-electron chi connectivity index (χ4n) is 1.69. The van der Waals surface area contributed by atoms with Crippen molar-refractivity contribution >= 4 is 11.3 Å².